The highest BCUT2D eigenvalue weighted by atomic mass is 15.3. The number of unbranched alkanes of at least 4 members (excludes halogenated alkanes) is 1. The van der Waals surface area contributed by atoms with E-state index < -0.39 is 0 Å². The van der Waals surface area contributed by atoms with Crippen molar-refractivity contribution >= 4 is 0 Å². The zero-order chi connectivity index (χ0) is 77.9. The Bertz CT molecular complexity index is 2630. The lowest BCUT2D eigenvalue weighted by molar-refractivity contribution is 0.131. The van der Waals surface area contributed by atoms with Crippen LogP contribution in [0.5, 0.6) is 0 Å². The minimum Gasteiger partial charge on any atom is -0.337 e. The third-order valence-corrected chi connectivity index (χ3v) is 16.2. The first-order valence-corrected chi connectivity index (χ1v) is 37.8. The number of rotatable bonds is 37. The second-order valence-corrected chi connectivity index (χ2v) is 27.7. The van der Waals surface area contributed by atoms with Gasteiger partial charge in [0.05, 0.1) is 44.3 Å². The van der Waals surface area contributed by atoms with Gasteiger partial charge in [0.25, 0.3) is 0 Å². The Labute approximate surface area is 628 Å². The quantitative estimate of drug-likeness (QED) is 0.0249. The molecule has 8 heterocycles. The van der Waals surface area contributed by atoms with E-state index in [4.69, 9.17) is 68.8 Å². The van der Waals surface area contributed by atoms with Crippen LogP contribution < -0.4 is 74.1 Å². The molecular formula is C73H153N31. The summed E-state index contributed by atoms with van der Waals surface area (Å²) in [5.74, 6) is 0.525. The topological polar surface area (TPSA) is 462 Å². The van der Waals surface area contributed by atoms with Gasteiger partial charge in [-0.05, 0) is 203 Å². The maximum atomic E-state index is 5.99. The minimum absolute atomic E-state index is 0.157. The first-order valence-electron chi connectivity index (χ1n) is 37.8. The largest absolute Gasteiger partial charge is 0.337 e. The van der Waals surface area contributed by atoms with Crippen LogP contribution in [0.2, 0.25) is 0 Å². The summed E-state index contributed by atoms with van der Waals surface area (Å²) >= 11 is 0. The molecule has 31 nitrogen and oxygen atoms in total. The predicted molar refractivity (Wildman–Crippen MR) is 434 cm³/mol. The van der Waals surface area contributed by atoms with E-state index >= 15 is 0 Å². The molecule has 25 N–H and O–H groups in total. The zero-order valence-corrected chi connectivity index (χ0v) is 66.6. The molecule has 5 unspecified atom stereocenters. The fourth-order valence-corrected chi connectivity index (χ4v) is 9.04. The van der Waals surface area contributed by atoms with Gasteiger partial charge in [-0.2, -0.15) is 0 Å². The molecule has 0 spiro atoms. The standard InChI is InChI=1S/C10H24N4.C9H17N3.C8H15N3.C8H21N3.2C7H13N3.C7H19N3.2C6H11N3.C5H9N3/c11-3-1-5-13-7-9-14(10-8-13)6-2-4-12;1-9(2,3)8(10)6-12-5-4-11-7-12;1-7(2)8(9)5-11-4-3-10-6-11;1-11(2)8-4-7-10-6-3-5-9;1-7(2-3-8)10-5-4-9-6-10;8-3-1-2-5-10-6-4-9-7-10;1-10(6-2-4-8)7-3-5-9;1-6(7)4-9-3-2-8-5-9;1-6(4-7)9-3-2-8-5-9;6-1-3-8-4-2-7-5-8/h1-12H2;4-5,7-8H,6,10H2,1-3H3;3-4,6-8H,5,9H2,1-2H3;10H,3-9H2,1-2H3;4-7H,2-3,8H2,1H3;4,6-7H,1-3,5,8H2;2-9H2,1H3;2*2-3,5-6H,4,7H2,1H3;2,4-5H,1,3,6H2. The molecule has 0 amide bonds. The van der Waals surface area contributed by atoms with Gasteiger partial charge in [0, 0.05) is 189 Å². The third kappa shape index (κ3) is 60.0. The van der Waals surface area contributed by atoms with Crippen LogP contribution in [0.15, 0.2) is 131 Å². The van der Waals surface area contributed by atoms with Crippen molar-refractivity contribution in [3.63, 3.8) is 0 Å². The molecule has 1 fully saturated rings. The highest BCUT2D eigenvalue weighted by Gasteiger charge is 2.20. The van der Waals surface area contributed by atoms with E-state index in [1.54, 1.807) is 75.0 Å². The van der Waals surface area contributed by atoms with Crippen LogP contribution in [0.4, 0.5) is 0 Å². The van der Waals surface area contributed by atoms with Crippen LogP contribution in [0.3, 0.4) is 0 Å². The molecule has 0 aromatic carbocycles. The molecular weight excluding hydrogens is 1310 g/mol. The highest BCUT2D eigenvalue weighted by Crippen LogP contribution is 2.18. The molecule has 1 saturated heterocycles. The van der Waals surface area contributed by atoms with Crippen LogP contribution in [0, 0.1) is 11.3 Å². The van der Waals surface area contributed by atoms with Crippen molar-refractivity contribution in [3.05, 3.63) is 131 Å². The molecule has 1 aliphatic rings. The van der Waals surface area contributed by atoms with Crippen molar-refractivity contribution in [3.8, 4) is 0 Å². The monoisotopic (exact) mass is 1460 g/mol. The average molecular weight is 1470 g/mol. The molecule has 104 heavy (non-hydrogen) atoms. The Morgan fingerprint density at radius 1 is 0.394 bits per heavy atom. The van der Waals surface area contributed by atoms with Gasteiger partial charge < -0.3 is 126 Å². The normalized spacial score (nSPS) is 13.4. The lowest BCUT2D eigenvalue weighted by Crippen LogP contribution is -2.47. The zero-order valence-electron chi connectivity index (χ0n) is 66.6. The van der Waals surface area contributed by atoms with Crippen LogP contribution in [0.1, 0.15) is 125 Å². The van der Waals surface area contributed by atoms with E-state index in [-0.39, 0.29) is 23.5 Å². The molecule has 0 radical (unpaired) electrons. The summed E-state index contributed by atoms with van der Waals surface area (Å²) < 4.78 is 14.0. The number of piperazine rings is 1. The molecule has 8 rings (SSSR count). The summed E-state index contributed by atoms with van der Waals surface area (Å²) in [5.41, 5.74) is 66.0. The number of nitrogens with zero attached hydrogens (tertiary/aromatic N) is 18. The number of hydrogen-bond acceptors (Lipinski definition) is 24. The Morgan fingerprint density at radius 2 is 0.788 bits per heavy atom. The van der Waals surface area contributed by atoms with Gasteiger partial charge >= 0.3 is 0 Å². The molecule has 5 atom stereocenters. The first-order chi connectivity index (χ1) is 50.0. The predicted octanol–water partition coefficient (Wildman–Crippen LogP) is 2.81. The highest BCUT2D eigenvalue weighted by molar-refractivity contribution is 4.84. The van der Waals surface area contributed by atoms with Gasteiger partial charge in [-0.15, -0.1) is 0 Å². The summed E-state index contributed by atoms with van der Waals surface area (Å²) in [4.78, 5) is 36.9. The number of imidazole rings is 7. The fraction of sp³-hybridized carbons (Fsp3) is 0.712. The van der Waals surface area contributed by atoms with Crippen LogP contribution >= 0.6 is 0 Å². The van der Waals surface area contributed by atoms with Gasteiger partial charge in [0.2, 0.25) is 0 Å². The number of aryl methyl sites for hydroxylation is 1. The molecule has 0 bridgehead atoms. The Balaban J connectivity index is 0. The number of nitrogens with two attached hydrogens (primary N) is 12. The van der Waals surface area contributed by atoms with Crippen molar-refractivity contribution in [2.24, 2.45) is 80.1 Å². The molecule has 0 aliphatic carbocycles. The van der Waals surface area contributed by atoms with E-state index in [1.807, 2.05) is 85.8 Å². The van der Waals surface area contributed by atoms with Gasteiger partial charge in [-0.1, -0.05) is 34.6 Å². The van der Waals surface area contributed by atoms with E-state index in [1.165, 1.54) is 45.7 Å². The van der Waals surface area contributed by atoms with Crippen molar-refractivity contribution < 1.29 is 0 Å². The number of aromatic nitrogens is 14. The molecule has 0 saturated carbocycles. The van der Waals surface area contributed by atoms with Crippen molar-refractivity contribution in [2.45, 2.75) is 176 Å². The fourth-order valence-electron chi connectivity index (χ4n) is 9.04. The summed E-state index contributed by atoms with van der Waals surface area (Å²) in [6.07, 6.45) is 48.4. The third-order valence-electron chi connectivity index (χ3n) is 16.2. The summed E-state index contributed by atoms with van der Waals surface area (Å²) in [5, 5.41) is 3.34. The van der Waals surface area contributed by atoms with Gasteiger partial charge in [-0.25, -0.2) is 34.9 Å². The van der Waals surface area contributed by atoms with Gasteiger partial charge in [0.1, 0.15) is 0 Å². The molecule has 31 heteroatoms. The Morgan fingerprint density at radius 3 is 1.14 bits per heavy atom. The molecule has 7 aromatic rings. The van der Waals surface area contributed by atoms with E-state index in [0.717, 1.165) is 163 Å². The summed E-state index contributed by atoms with van der Waals surface area (Å²) in [6.45, 7) is 40.8. The van der Waals surface area contributed by atoms with E-state index in [0.29, 0.717) is 31.1 Å². The summed E-state index contributed by atoms with van der Waals surface area (Å²) in [6, 6.07) is 1.45. The number of hydrogen-bond donors (Lipinski definition) is 13. The van der Waals surface area contributed by atoms with Crippen LogP contribution in [0.25, 0.3) is 0 Å². The SMILES string of the molecule is CC(C)(C)C(N)Cn1ccnc1.CC(C)C(N)Cn1ccnc1.CC(CCN)n1ccnc1.CC(CN)n1ccnc1.CC(N)Cn1ccnc1.CN(C)CCCNCCCN.CN(CCCN)CCCN.NCCCCn1ccnc1.NCCCN1CCN(CCCN)CC1.NCCn1ccnc1. The van der Waals surface area contributed by atoms with Crippen molar-refractivity contribution in [1.82, 2.24) is 91.8 Å². The second kappa shape index (κ2) is 68.6. The maximum absolute atomic E-state index is 5.99. The minimum atomic E-state index is 0.157. The molecule has 7 aromatic heterocycles. The van der Waals surface area contributed by atoms with Crippen molar-refractivity contribution in [1.29, 1.82) is 0 Å². The maximum Gasteiger partial charge on any atom is 0.0948 e. The Kier molecular flexibility index (Phi) is 65.8. The molecule has 600 valence electrons. The van der Waals surface area contributed by atoms with Gasteiger partial charge in [0.15, 0.2) is 0 Å². The van der Waals surface area contributed by atoms with E-state index in [2.05, 4.69) is 139 Å². The van der Waals surface area contributed by atoms with Crippen LogP contribution in [-0.2, 0) is 32.7 Å². The molecule has 1 aliphatic heterocycles. The van der Waals surface area contributed by atoms with Crippen LogP contribution in [-0.4, -0.2) is 257 Å². The Hall–Kier alpha value is -6.21. The van der Waals surface area contributed by atoms with Crippen molar-refractivity contribution in [2.75, 3.05) is 152 Å². The first kappa shape index (κ1) is 99.8. The van der Waals surface area contributed by atoms with E-state index in [9.17, 15) is 0 Å². The number of nitrogens with one attached hydrogen (secondary N) is 1. The van der Waals surface area contributed by atoms with Gasteiger partial charge in [-0.3, -0.25) is 0 Å². The lowest BCUT2D eigenvalue weighted by atomic mass is 9.87. The smallest absolute Gasteiger partial charge is 0.0948 e. The average Bonchev–Trinajstić information content (AvgIpc) is 1.34. The lowest BCUT2D eigenvalue weighted by Gasteiger charge is -2.34. The summed E-state index contributed by atoms with van der Waals surface area (Å²) in [7, 11) is 6.30. The second-order valence-electron chi connectivity index (χ2n) is 27.7.